The molecule has 1 fully saturated rings. The van der Waals surface area contributed by atoms with Gasteiger partial charge >= 0.3 is 0 Å². The lowest BCUT2D eigenvalue weighted by Crippen LogP contribution is -2.32. The molecule has 6 heteroatoms. The summed E-state index contributed by atoms with van der Waals surface area (Å²) in [7, 11) is 0. The van der Waals surface area contributed by atoms with Crippen molar-refractivity contribution in [2.75, 3.05) is 18.8 Å². The Morgan fingerprint density at radius 3 is 3.00 bits per heavy atom. The Morgan fingerprint density at radius 1 is 1.36 bits per heavy atom. The third-order valence-electron chi connectivity index (χ3n) is 3.99. The maximum atomic E-state index is 12.3. The summed E-state index contributed by atoms with van der Waals surface area (Å²) >= 11 is 1.63. The van der Waals surface area contributed by atoms with E-state index in [1.165, 1.54) is 5.56 Å². The highest BCUT2D eigenvalue weighted by Crippen LogP contribution is 2.19. The molecule has 1 aromatic carbocycles. The maximum absolute atomic E-state index is 12.3. The molecule has 2 aromatic rings. The Kier molecular flexibility index (Phi) is 5.91. The molecule has 1 amide bonds. The van der Waals surface area contributed by atoms with Crippen molar-refractivity contribution in [1.29, 1.82) is 5.26 Å². The molecule has 0 spiro atoms. The number of rotatable bonds is 6. The molecular formula is C19H19N3O2S. The van der Waals surface area contributed by atoms with Gasteiger partial charge in [-0.3, -0.25) is 4.79 Å². The second kappa shape index (κ2) is 8.54. The summed E-state index contributed by atoms with van der Waals surface area (Å²) in [6.45, 7) is 1.27. The van der Waals surface area contributed by atoms with E-state index in [0.717, 1.165) is 12.2 Å². The Morgan fingerprint density at radius 2 is 2.20 bits per heavy atom. The average molecular weight is 353 g/mol. The van der Waals surface area contributed by atoms with Gasteiger partial charge in [-0.05, 0) is 11.6 Å². The van der Waals surface area contributed by atoms with Gasteiger partial charge < -0.3 is 9.64 Å². The topological polar surface area (TPSA) is 66.2 Å². The minimum Gasteiger partial charge on any atom is -0.472 e. The minimum atomic E-state index is -0.0653. The van der Waals surface area contributed by atoms with E-state index >= 15 is 0 Å². The zero-order chi connectivity index (χ0) is 17.5. The summed E-state index contributed by atoms with van der Waals surface area (Å²) in [6.07, 6.45) is 2.28. The number of pyridine rings is 1. The third-order valence-corrected chi connectivity index (χ3v) is 4.97. The van der Waals surface area contributed by atoms with Crippen molar-refractivity contribution in [3.8, 4) is 11.9 Å². The zero-order valence-electron chi connectivity index (χ0n) is 13.8. The van der Waals surface area contributed by atoms with Crippen LogP contribution in [0.15, 0.2) is 48.7 Å². The van der Waals surface area contributed by atoms with E-state index in [0.29, 0.717) is 30.3 Å². The van der Waals surface area contributed by atoms with E-state index in [4.69, 9.17) is 10.00 Å². The van der Waals surface area contributed by atoms with Gasteiger partial charge in [-0.1, -0.05) is 30.3 Å². The summed E-state index contributed by atoms with van der Waals surface area (Å²) in [5, 5.41) is 8.91. The Bertz CT molecular complexity index is 761. The highest BCUT2D eigenvalue weighted by molar-refractivity contribution is 7.99. The van der Waals surface area contributed by atoms with Crippen LogP contribution < -0.4 is 4.74 Å². The molecule has 3 rings (SSSR count). The summed E-state index contributed by atoms with van der Waals surface area (Å²) in [6, 6.07) is 15.5. The highest BCUT2D eigenvalue weighted by atomic mass is 32.2. The number of nitriles is 1. The standard InChI is InChI=1S/C19H19N3O2S/c20-11-16-6-8-21-18(10-16)24-17-7-9-22(12-17)19(23)14-25-13-15-4-2-1-3-5-15/h1-6,8,10,17H,7,9,12-14H2. The molecule has 1 aliphatic heterocycles. The molecule has 0 radical (unpaired) electrons. The lowest BCUT2D eigenvalue weighted by Gasteiger charge is -2.17. The monoisotopic (exact) mass is 353 g/mol. The molecule has 0 aliphatic carbocycles. The molecule has 1 unspecified atom stereocenters. The molecule has 1 saturated heterocycles. The van der Waals surface area contributed by atoms with Crippen LogP contribution in [0.1, 0.15) is 17.5 Å². The van der Waals surface area contributed by atoms with Crippen molar-refractivity contribution in [3.05, 3.63) is 59.8 Å². The molecule has 128 valence electrons. The Hall–Kier alpha value is -2.52. The van der Waals surface area contributed by atoms with E-state index in [2.05, 4.69) is 23.2 Å². The van der Waals surface area contributed by atoms with E-state index in [9.17, 15) is 4.79 Å². The summed E-state index contributed by atoms with van der Waals surface area (Å²) < 4.78 is 5.81. The van der Waals surface area contributed by atoms with Crippen LogP contribution in [-0.2, 0) is 10.5 Å². The number of thioether (sulfide) groups is 1. The summed E-state index contributed by atoms with van der Waals surface area (Å²) in [4.78, 5) is 18.3. The van der Waals surface area contributed by atoms with Crippen molar-refractivity contribution in [3.63, 3.8) is 0 Å². The van der Waals surface area contributed by atoms with Crippen molar-refractivity contribution >= 4 is 17.7 Å². The third kappa shape index (κ3) is 4.97. The van der Waals surface area contributed by atoms with Crippen molar-refractivity contribution in [1.82, 2.24) is 9.88 Å². The SMILES string of the molecule is N#Cc1ccnc(OC2CCN(C(=O)CSCc3ccccc3)C2)c1. The fourth-order valence-corrected chi connectivity index (χ4v) is 3.57. The number of hydrogen-bond donors (Lipinski definition) is 0. The van der Waals surface area contributed by atoms with E-state index in [-0.39, 0.29) is 12.0 Å². The second-order valence-electron chi connectivity index (χ2n) is 5.84. The van der Waals surface area contributed by atoms with Crippen LogP contribution in [0.2, 0.25) is 0 Å². The molecule has 25 heavy (non-hydrogen) atoms. The van der Waals surface area contributed by atoms with Crippen LogP contribution in [0, 0.1) is 11.3 Å². The molecule has 0 N–H and O–H groups in total. The highest BCUT2D eigenvalue weighted by Gasteiger charge is 2.27. The predicted octanol–water partition coefficient (Wildman–Crippen LogP) is 2.87. The van der Waals surface area contributed by atoms with Crippen LogP contribution in [0.5, 0.6) is 5.88 Å². The molecule has 1 atom stereocenters. The Labute approximate surface area is 151 Å². The smallest absolute Gasteiger partial charge is 0.232 e. The molecule has 0 saturated carbocycles. The van der Waals surface area contributed by atoms with Crippen LogP contribution in [0.3, 0.4) is 0 Å². The van der Waals surface area contributed by atoms with Gasteiger partial charge in [0.1, 0.15) is 6.10 Å². The van der Waals surface area contributed by atoms with Gasteiger partial charge in [0.25, 0.3) is 0 Å². The lowest BCUT2D eigenvalue weighted by atomic mass is 10.2. The largest absolute Gasteiger partial charge is 0.472 e. The molecule has 1 aliphatic rings. The van der Waals surface area contributed by atoms with Crippen LogP contribution >= 0.6 is 11.8 Å². The number of likely N-dealkylation sites (tertiary alicyclic amines) is 1. The fourth-order valence-electron chi connectivity index (χ4n) is 2.69. The first-order valence-electron chi connectivity index (χ1n) is 8.17. The number of carbonyl (C=O) groups excluding carboxylic acids is 1. The maximum Gasteiger partial charge on any atom is 0.232 e. The van der Waals surface area contributed by atoms with Crippen molar-refractivity contribution < 1.29 is 9.53 Å². The van der Waals surface area contributed by atoms with Crippen molar-refractivity contribution in [2.45, 2.75) is 18.3 Å². The first-order valence-corrected chi connectivity index (χ1v) is 9.32. The minimum absolute atomic E-state index is 0.0653. The van der Waals surface area contributed by atoms with Crippen LogP contribution in [-0.4, -0.2) is 40.7 Å². The normalized spacial score (nSPS) is 16.4. The number of ether oxygens (including phenoxy) is 1. The van der Waals surface area contributed by atoms with E-state index in [1.807, 2.05) is 23.1 Å². The Balaban J connectivity index is 1.44. The van der Waals surface area contributed by atoms with Gasteiger partial charge in [-0.25, -0.2) is 4.98 Å². The fraction of sp³-hybridized carbons (Fsp3) is 0.316. The van der Waals surface area contributed by atoms with Gasteiger partial charge in [0.15, 0.2) is 0 Å². The van der Waals surface area contributed by atoms with E-state index in [1.54, 1.807) is 30.1 Å². The number of aromatic nitrogens is 1. The molecule has 5 nitrogen and oxygen atoms in total. The molecular weight excluding hydrogens is 334 g/mol. The van der Waals surface area contributed by atoms with Gasteiger partial charge in [0.2, 0.25) is 11.8 Å². The van der Waals surface area contributed by atoms with Gasteiger partial charge in [0, 0.05) is 31.0 Å². The zero-order valence-corrected chi connectivity index (χ0v) is 14.6. The summed E-state index contributed by atoms with van der Waals surface area (Å²) in [5.74, 6) is 1.90. The predicted molar refractivity (Wildman–Crippen MR) is 97.2 cm³/mol. The number of amides is 1. The van der Waals surface area contributed by atoms with Gasteiger partial charge in [-0.15, -0.1) is 11.8 Å². The van der Waals surface area contributed by atoms with Gasteiger partial charge in [0.05, 0.1) is 23.9 Å². The number of carbonyl (C=O) groups is 1. The second-order valence-corrected chi connectivity index (χ2v) is 6.83. The molecule has 1 aromatic heterocycles. The average Bonchev–Trinajstić information content (AvgIpc) is 3.11. The van der Waals surface area contributed by atoms with Crippen LogP contribution in [0.4, 0.5) is 0 Å². The number of hydrogen-bond acceptors (Lipinski definition) is 5. The molecule has 2 heterocycles. The van der Waals surface area contributed by atoms with Gasteiger partial charge in [-0.2, -0.15) is 5.26 Å². The van der Waals surface area contributed by atoms with E-state index < -0.39 is 0 Å². The summed E-state index contributed by atoms with van der Waals surface area (Å²) in [5.41, 5.74) is 1.75. The lowest BCUT2D eigenvalue weighted by molar-refractivity contribution is -0.127. The van der Waals surface area contributed by atoms with Crippen molar-refractivity contribution in [2.24, 2.45) is 0 Å². The number of benzene rings is 1. The first-order chi connectivity index (χ1) is 12.2. The first kappa shape index (κ1) is 17.3. The quantitative estimate of drug-likeness (QED) is 0.799. The number of nitrogens with zero attached hydrogens (tertiary/aromatic N) is 3. The molecule has 0 bridgehead atoms. The van der Waals surface area contributed by atoms with Crippen LogP contribution in [0.25, 0.3) is 0 Å².